The first-order valence-corrected chi connectivity index (χ1v) is 7.75. The molecule has 6 nitrogen and oxygen atoms in total. The van der Waals surface area contributed by atoms with Crippen LogP contribution in [0.3, 0.4) is 0 Å². The number of amides is 1. The Morgan fingerprint density at radius 3 is 2.40 bits per heavy atom. The van der Waals surface area contributed by atoms with Crippen LogP contribution in [0, 0.1) is 0 Å². The Hall–Kier alpha value is -3.12. The lowest BCUT2D eigenvalue weighted by molar-refractivity contribution is 0.0600. The van der Waals surface area contributed by atoms with E-state index in [2.05, 4.69) is 20.3 Å². The SMILES string of the molecule is COC(=O)c1ccc(NC(=O)c2cc(-c3ccc(Cl)cc3)n[nH]2)cc1. The molecule has 0 saturated carbocycles. The van der Waals surface area contributed by atoms with Gasteiger partial charge in [0.1, 0.15) is 5.69 Å². The van der Waals surface area contributed by atoms with Gasteiger partial charge < -0.3 is 10.1 Å². The highest BCUT2D eigenvalue weighted by molar-refractivity contribution is 6.30. The van der Waals surface area contributed by atoms with Crippen molar-refractivity contribution in [2.75, 3.05) is 12.4 Å². The summed E-state index contributed by atoms with van der Waals surface area (Å²) in [6, 6.07) is 15.2. The Bertz CT molecular complexity index is 902. The normalized spacial score (nSPS) is 10.3. The molecular formula is C18H14ClN3O3. The molecule has 0 aliphatic rings. The molecule has 2 N–H and O–H groups in total. The summed E-state index contributed by atoms with van der Waals surface area (Å²) in [6.45, 7) is 0. The predicted octanol–water partition coefficient (Wildman–Crippen LogP) is 3.77. The molecule has 0 aliphatic carbocycles. The Kier molecular flexibility index (Phi) is 4.81. The number of benzene rings is 2. The molecule has 3 aromatic rings. The van der Waals surface area contributed by atoms with Gasteiger partial charge in [-0.3, -0.25) is 9.89 Å². The van der Waals surface area contributed by atoms with Crippen molar-refractivity contribution in [1.29, 1.82) is 0 Å². The van der Waals surface area contributed by atoms with E-state index >= 15 is 0 Å². The molecule has 0 atom stereocenters. The molecule has 3 rings (SSSR count). The van der Waals surface area contributed by atoms with E-state index < -0.39 is 5.97 Å². The zero-order valence-electron chi connectivity index (χ0n) is 13.2. The number of H-pyrrole nitrogens is 1. The van der Waals surface area contributed by atoms with Crippen LogP contribution in [0.5, 0.6) is 0 Å². The molecule has 0 bridgehead atoms. The number of nitrogens with zero attached hydrogens (tertiary/aromatic N) is 1. The first-order chi connectivity index (χ1) is 12.1. The number of rotatable bonds is 4. The number of methoxy groups -OCH3 is 1. The standard InChI is InChI=1S/C18H14ClN3O3/c1-25-18(24)12-4-8-14(9-5-12)20-17(23)16-10-15(21-22-16)11-2-6-13(19)7-3-11/h2-10H,1H3,(H,20,23)(H,21,22). The van der Waals surface area contributed by atoms with Gasteiger partial charge in [0, 0.05) is 16.3 Å². The van der Waals surface area contributed by atoms with Gasteiger partial charge in [0.15, 0.2) is 0 Å². The Morgan fingerprint density at radius 2 is 1.76 bits per heavy atom. The number of hydrogen-bond acceptors (Lipinski definition) is 4. The van der Waals surface area contributed by atoms with Gasteiger partial charge >= 0.3 is 5.97 Å². The van der Waals surface area contributed by atoms with Gasteiger partial charge in [0.2, 0.25) is 0 Å². The first-order valence-electron chi connectivity index (χ1n) is 7.38. The fraction of sp³-hybridized carbons (Fsp3) is 0.0556. The van der Waals surface area contributed by atoms with Crippen molar-refractivity contribution in [2.24, 2.45) is 0 Å². The molecule has 1 amide bonds. The highest BCUT2D eigenvalue weighted by atomic mass is 35.5. The maximum absolute atomic E-state index is 12.3. The summed E-state index contributed by atoms with van der Waals surface area (Å²) in [4.78, 5) is 23.7. The molecule has 1 heterocycles. The quantitative estimate of drug-likeness (QED) is 0.698. The van der Waals surface area contributed by atoms with Crippen LogP contribution >= 0.6 is 11.6 Å². The minimum absolute atomic E-state index is 0.321. The maximum atomic E-state index is 12.3. The number of carbonyl (C=O) groups excluding carboxylic acids is 2. The van der Waals surface area contributed by atoms with Crippen LogP contribution < -0.4 is 5.32 Å². The minimum Gasteiger partial charge on any atom is -0.465 e. The molecule has 1 aromatic heterocycles. The Morgan fingerprint density at radius 1 is 1.08 bits per heavy atom. The lowest BCUT2D eigenvalue weighted by Crippen LogP contribution is -2.12. The summed E-state index contributed by atoms with van der Waals surface area (Å²) < 4.78 is 4.63. The van der Waals surface area contributed by atoms with Crippen molar-refractivity contribution in [1.82, 2.24) is 10.2 Å². The third-order valence-corrected chi connectivity index (χ3v) is 3.78. The average molecular weight is 356 g/mol. The van der Waals surface area contributed by atoms with Gasteiger partial charge in [-0.15, -0.1) is 0 Å². The topological polar surface area (TPSA) is 84.1 Å². The Labute approximate surface area is 148 Å². The van der Waals surface area contributed by atoms with Crippen LogP contribution in [0.15, 0.2) is 54.6 Å². The van der Waals surface area contributed by atoms with Crippen molar-refractivity contribution < 1.29 is 14.3 Å². The van der Waals surface area contributed by atoms with Crippen LogP contribution in [0.25, 0.3) is 11.3 Å². The molecule has 7 heteroatoms. The van der Waals surface area contributed by atoms with Crippen LogP contribution in [0.2, 0.25) is 5.02 Å². The number of anilines is 1. The summed E-state index contributed by atoms with van der Waals surface area (Å²) in [5.74, 6) is -0.766. The molecule has 126 valence electrons. The molecule has 25 heavy (non-hydrogen) atoms. The van der Waals surface area contributed by atoms with Crippen molar-refractivity contribution in [3.8, 4) is 11.3 Å². The lowest BCUT2D eigenvalue weighted by Gasteiger charge is -2.04. The molecular weight excluding hydrogens is 342 g/mol. The number of halogens is 1. The zero-order valence-corrected chi connectivity index (χ0v) is 14.0. The van der Waals surface area contributed by atoms with E-state index in [4.69, 9.17) is 11.6 Å². The lowest BCUT2D eigenvalue weighted by atomic mass is 10.1. The van der Waals surface area contributed by atoms with Crippen LogP contribution in [0.4, 0.5) is 5.69 Å². The number of esters is 1. The summed E-state index contributed by atoms with van der Waals surface area (Å²) in [5, 5.41) is 10.2. The highest BCUT2D eigenvalue weighted by Gasteiger charge is 2.12. The monoisotopic (exact) mass is 355 g/mol. The second-order valence-electron chi connectivity index (χ2n) is 5.20. The van der Waals surface area contributed by atoms with E-state index in [-0.39, 0.29) is 5.91 Å². The summed E-state index contributed by atoms with van der Waals surface area (Å²) >= 11 is 5.86. The van der Waals surface area contributed by atoms with Crippen molar-refractivity contribution in [3.63, 3.8) is 0 Å². The van der Waals surface area contributed by atoms with Gasteiger partial charge in [0.05, 0.1) is 18.4 Å². The number of hydrogen-bond donors (Lipinski definition) is 2. The zero-order chi connectivity index (χ0) is 17.8. The molecule has 0 saturated heterocycles. The van der Waals surface area contributed by atoms with E-state index in [0.29, 0.717) is 27.7 Å². The molecule has 2 aromatic carbocycles. The average Bonchev–Trinajstić information content (AvgIpc) is 3.12. The van der Waals surface area contributed by atoms with Gasteiger partial charge in [-0.2, -0.15) is 5.10 Å². The van der Waals surface area contributed by atoms with Gasteiger partial charge in [0.25, 0.3) is 5.91 Å². The van der Waals surface area contributed by atoms with E-state index in [0.717, 1.165) is 5.56 Å². The Balaban J connectivity index is 1.71. The number of carbonyl (C=O) groups is 2. The largest absolute Gasteiger partial charge is 0.465 e. The van der Waals surface area contributed by atoms with E-state index in [1.165, 1.54) is 7.11 Å². The first kappa shape index (κ1) is 16.7. The third kappa shape index (κ3) is 3.87. The van der Waals surface area contributed by atoms with E-state index in [1.807, 2.05) is 12.1 Å². The maximum Gasteiger partial charge on any atom is 0.337 e. The molecule has 0 radical (unpaired) electrons. The number of ether oxygens (including phenoxy) is 1. The van der Waals surface area contributed by atoms with Crippen LogP contribution in [-0.4, -0.2) is 29.2 Å². The highest BCUT2D eigenvalue weighted by Crippen LogP contribution is 2.20. The van der Waals surface area contributed by atoms with E-state index in [1.54, 1.807) is 42.5 Å². The van der Waals surface area contributed by atoms with Crippen molar-refractivity contribution in [2.45, 2.75) is 0 Å². The van der Waals surface area contributed by atoms with Crippen LogP contribution in [-0.2, 0) is 4.74 Å². The summed E-state index contributed by atoms with van der Waals surface area (Å²) in [5.41, 5.74) is 2.78. The molecule has 0 spiro atoms. The molecule has 0 fully saturated rings. The number of nitrogens with one attached hydrogen (secondary N) is 2. The van der Waals surface area contributed by atoms with Gasteiger partial charge in [-0.25, -0.2) is 4.79 Å². The van der Waals surface area contributed by atoms with Crippen molar-refractivity contribution in [3.05, 3.63) is 70.9 Å². The van der Waals surface area contributed by atoms with Gasteiger partial charge in [-0.05, 0) is 42.5 Å². The third-order valence-electron chi connectivity index (χ3n) is 3.53. The fourth-order valence-corrected chi connectivity index (χ4v) is 2.34. The second kappa shape index (κ2) is 7.19. The predicted molar refractivity (Wildman–Crippen MR) is 94.8 cm³/mol. The summed E-state index contributed by atoms with van der Waals surface area (Å²) in [7, 11) is 1.31. The fourth-order valence-electron chi connectivity index (χ4n) is 2.21. The van der Waals surface area contributed by atoms with Crippen LogP contribution in [0.1, 0.15) is 20.8 Å². The number of aromatic amines is 1. The number of aromatic nitrogens is 2. The molecule has 0 aliphatic heterocycles. The minimum atomic E-state index is -0.431. The second-order valence-corrected chi connectivity index (χ2v) is 5.63. The van der Waals surface area contributed by atoms with Gasteiger partial charge in [-0.1, -0.05) is 23.7 Å². The van der Waals surface area contributed by atoms with Crippen molar-refractivity contribution >= 4 is 29.2 Å². The molecule has 0 unspecified atom stereocenters. The smallest absolute Gasteiger partial charge is 0.337 e. The van der Waals surface area contributed by atoms with E-state index in [9.17, 15) is 9.59 Å². The summed E-state index contributed by atoms with van der Waals surface area (Å²) in [6.07, 6.45) is 0.